The number of methoxy groups -OCH3 is 1. The molecule has 2 amide bonds. The van der Waals surface area contributed by atoms with Crippen molar-refractivity contribution >= 4 is 29.4 Å². The summed E-state index contributed by atoms with van der Waals surface area (Å²) in [5.41, 5.74) is 10.0. The number of esters is 2. The van der Waals surface area contributed by atoms with Gasteiger partial charge in [-0.3, -0.25) is 9.59 Å². The van der Waals surface area contributed by atoms with Gasteiger partial charge in [-0.1, -0.05) is 48.5 Å². The van der Waals surface area contributed by atoms with E-state index in [-0.39, 0.29) is 34.8 Å². The minimum absolute atomic E-state index is 0.0303. The van der Waals surface area contributed by atoms with Gasteiger partial charge in [-0.25, -0.2) is 9.59 Å². The summed E-state index contributed by atoms with van der Waals surface area (Å²) in [5, 5.41) is 0. The van der Waals surface area contributed by atoms with Crippen molar-refractivity contribution in [2.24, 2.45) is 11.5 Å². The molecule has 10 nitrogen and oxygen atoms in total. The van der Waals surface area contributed by atoms with Crippen LogP contribution < -0.4 is 16.4 Å². The van der Waals surface area contributed by atoms with E-state index in [1.54, 1.807) is 48.5 Å². The van der Waals surface area contributed by atoms with Gasteiger partial charge in [0.05, 0.1) is 7.11 Å². The molecule has 2 aromatic carbocycles. The van der Waals surface area contributed by atoms with Crippen LogP contribution >= 0.6 is 0 Å². The Morgan fingerprint density at radius 2 is 1.66 bits per heavy atom. The number of ether oxygens (including phenoxy) is 3. The molecule has 10 heteroatoms. The van der Waals surface area contributed by atoms with Gasteiger partial charge in [0.15, 0.2) is 0 Å². The van der Waals surface area contributed by atoms with Gasteiger partial charge in [0, 0.05) is 11.3 Å². The molecule has 0 aliphatic carbocycles. The monoisotopic (exact) mass is 477 g/mol. The Morgan fingerprint density at radius 1 is 1.00 bits per heavy atom. The second-order valence-corrected chi connectivity index (χ2v) is 7.95. The average molecular weight is 477 g/mol. The number of para-hydroxylation sites is 1. The fourth-order valence-corrected chi connectivity index (χ4v) is 4.54. The first-order valence-corrected chi connectivity index (χ1v) is 10.6. The first-order valence-electron chi connectivity index (χ1n) is 10.6. The molecule has 0 radical (unpaired) electrons. The van der Waals surface area contributed by atoms with Gasteiger partial charge >= 0.3 is 11.9 Å². The van der Waals surface area contributed by atoms with Gasteiger partial charge in [0.1, 0.15) is 35.5 Å². The van der Waals surface area contributed by atoms with Crippen LogP contribution in [0, 0.1) is 0 Å². The molecule has 0 aromatic heterocycles. The zero-order valence-corrected chi connectivity index (χ0v) is 19.1. The van der Waals surface area contributed by atoms with E-state index >= 15 is 0 Å². The lowest BCUT2D eigenvalue weighted by molar-refractivity contribution is -0.143. The smallest absolute Gasteiger partial charge is 0.340 e. The third-order valence-electron chi connectivity index (χ3n) is 5.90. The summed E-state index contributed by atoms with van der Waals surface area (Å²) in [6, 6.07) is 15.3. The number of fused-ring (bicyclic) bond motifs is 2. The van der Waals surface area contributed by atoms with E-state index in [2.05, 4.69) is 0 Å². The Kier molecular flexibility index (Phi) is 6.04. The number of allylic oxidation sites excluding steroid dienone is 1. The van der Waals surface area contributed by atoms with E-state index in [0.717, 1.165) is 12.0 Å². The molecule has 0 fully saturated rings. The number of benzene rings is 2. The molecular weight excluding hydrogens is 454 g/mol. The van der Waals surface area contributed by atoms with Crippen LogP contribution in [0.5, 0.6) is 0 Å². The highest BCUT2D eigenvalue weighted by atomic mass is 16.5. The van der Waals surface area contributed by atoms with Crippen LogP contribution in [-0.2, 0) is 45.4 Å². The Labute approximate surface area is 200 Å². The molecule has 35 heavy (non-hydrogen) atoms. The predicted molar refractivity (Wildman–Crippen MR) is 123 cm³/mol. The predicted octanol–water partition coefficient (Wildman–Crippen LogP) is 1.15. The van der Waals surface area contributed by atoms with Crippen LogP contribution in [-0.4, -0.2) is 37.4 Å². The first kappa shape index (κ1) is 23.6. The number of rotatable bonds is 6. The van der Waals surface area contributed by atoms with Crippen molar-refractivity contribution in [1.82, 2.24) is 0 Å². The SMILES string of the molecule is COC(=O)C1=C(N)OC(C)=C(C(=O)OCc2ccccc2)C12C(=O)N(CC(N)=O)c1ccccc12. The Balaban J connectivity index is 1.93. The van der Waals surface area contributed by atoms with Gasteiger partial charge in [-0.15, -0.1) is 0 Å². The third-order valence-corrected chi connectivity index (χ3v) is 5.90. The molecule has 2 aliphatic rings. The number of nitrogens with zero attached hydrogens (tertiary/aromatic N) is 1. The number of primary amides is 1. The molecular formula is C25H23N3O7. The second kappa shape index (κ2) is 8.98. The molecule has 4 N–H and O–H groups in total. The summed E-state index contributed by atoms with van der Waals surface area (Å²) in [6.45, 7) is 0.854. The van der Waals surface area contributed by atoms with Crippen LogP contribution in [0.4, 0.5) is 5.69 Å². The van der Waals surface area contributed by atoms with Crippen molar-refractivity contribution < 1.29 is 33.4 Å². The van der Waals surface area contributed by atoms with Crippen LogP contribution in [0.1, 0.15) is 18.1 Å². The quantitative estimate of drug-likeness (QED) is 0.588. The number of carbonyl (C=O) groups is 4. The standard InChI is InChI=1S/C25H23N3O7/c1-14-19(23(31)34-13-15-8-4-3-5-9-15)25(20(21(27)35-14)22(30)33-2)16-10-6-7-11-17(16)28(24(25)32)12-18(26)29/h3-11H,12-13,27H2,1-2H3,(H2,26,29). The molecule has 1 unspecified atom stereocenters. The molecule has 4 rings (SSSR count). The van der Waals surface area contributed by atoms with Crippen LogP contribution in [0.15, 0.2) is 77.4 Å². The highest BCUT2D eigenvalue weighted by Crippen LogP contribution is 2.54. The van der Waals surface area contributed by atoms with E-state index in [1.807, 2.05) is 6.07 Å². The molecule has 2 heterocycles. The number of nitrogens with two attached hydrogens (primary N) is 2. The summed E-state index contributed by atoms with van der Waals surface area (Å²) in [4.78, 5) is 53.6. The van der Waals surface area contributed by atoms with Crippen molar-refractivity contribution in [3.63, 3.8) is 0 Å². The second-order valence-electron chi connectivity index (χ2n) is 7.95. The number of amides is 2. The minimum atomic E-state index is -2.07. The fourth-order valence-electron chi connectivity index (χ4n) is 4.54. The van der Waals surface area contributed by atoms with Crippen molar-refractivity contribution in [3.8, 4) is 0 Å². The summed E-state index contributed by atoms with van der Waals surface area (Å²) in [6.07, 6.45) is 0. The summed E-state index contributed by atoms with van der Waals surface area (Å²) in [7, 11) is 1.11. The van der Waals surface area contributed by atoms with Gasteiger partial charge in [0.2, 0.25) is 17.7 Å². The lowest BCUT2D eigenvalue weighted by Crippen LogP contribution is -2.51. The van der Waals surface area contributed by atoms with Crippen LogP contribution in [0.2, 0.25) is 0 Å². The lowest BCUT2D eigenvalue weighted by Gasteiger charge is -2.36. The maximum absolute atomic E-state index is 14.1. The molecule has 2 aliphatic heterocycles. The van der Waals surface area contributed by atoms with Crippen molar-refractivity contribution in [2.75, 3.05) is 18.6 Å². The molecule has 1 atom stereocenters. The Morgan fingerprint density at radius 3 is 2.31 bits per heavy atom. The average Bonchev–Trinajstić information content (AvgIpc) is 3.06. The molecule has 0 saturated heterocycles. The van der Waals surface area contributed by atoms with E-state index in [4.69, 9.17) is 25.7 Å². The highest BCUT2D eigenvalue weighted by Gasteiger charge is 2.64. The largest absolute Gasteiger partial charge is 0.465 e. The normalized spacial score (nSPS) is 18.9. The van der Waals surface area contributed by atoms with E-state index in [1.165, 1.54) is 6.92 Å². The number of hydrogen-bond acceptors (Lipinski definition) is 8. The van der Waals surface area contributed by atoms with Crippen molar-refractivity contribution in [2.45, 2.75) is 18.9 Å². The third kappa shape index (κ3) is 3.68. The van der Waals surface area contributed by atoms with Crippen molar-refractivity contribution in [1.29, 1.82) is 0 Å². The lowest BCUT2D eigenvalue weighted by atomic mass is 9.67. The topological polar surface area (TPSA) is 151 Å². The Bertz CT molecular complexity index is 1300. The molecule has 0 bridgehead atoms. The molecule has 0 saturated carbocycles. The Hall–Kier alpha value is -4.60. The minimum Gasteiger partial charge on any atom is -0.465 e. The van der Waals surface area contributed by atoms with Gasteiger partial charge in [-0.2, -0.15) is 0 Å². The molecule has 2 aromatic rings. The maximum Gasteiger partial charge on any atom is 0.340 e. The van der Waals surface area contributed by atoms with Gasteiger partial charge < -0.3 is 30.6 Å². The van der Waals surface area contributed by atoms with Crippen molar-refractivity contribution in [3.05, 3.63) is 88.5 Å². The van der Waals surface area contributed by atoms with Gasteiger partial charge in [0.25, 0.3) is 0 Å². The summed E-state index contributed by atoms with van der Waals surface area (Å²) < 4.78 is 16.0. The van der Waals surface area contributed by atoms with E-state index in [9.17, 15) is 19.2 Å². The summed E-state index contributed by atoms with van der Waals surface area (Å²) in [5.74, 6) is -3.88. The van der Waals surface area contributed by atoms with Crippen LogP contribution in [0.25, 0.3) is 0 Å². The highest BCUT2D eigenvalue weighted by molar-refractivity contribution is 6.23. The maximum atomic E-state index is 14.1. The fraction of sp³-hybridized carbons (Fsp3) is 0.200. The zero-order valence-electron chi connectivity index (χ0n) is 19.1. The van der Waals surface area contributed by atoms with Gasteiger partial charge in [-0.05, 0) is 18.6 Å². The van der Waals surface area contributed by atoms with E-state index < -0.39 is 41.6 Å². The molecule has 180 valence electrons. The zero-order chi connectivity index (χ0) is 25.3. The molecule has 1 spiro atoms. The summed E-state index contributed by atoms with van der Waals surface area (Å²) >= 11 is 0. The van der Waals surface area contributed by atoms with Crippen LogP contribution in [0.3, 0.4) is 0 Å². The number of carbonyl (C=O) groups excluding carboxylic acids is 4. The van der Waals surface area contributed by atoms with E-state index in [0.29, 0.717) is 5.56 Å². The number of anilines is 1. The number of hydrogen-bond donors (Lipinski definition) is 2. The first-order chi connectivity index (χ1) is 16.7.